The first-order valence-electron chi connectivity index (χ1n) is 4.37. The topological polar surface area (TPSA) is 17.1 Å². The number of rotatable bonds is 5. The molecule has 0 bridgehead atoms. The number of halogens is 1. The molecule has 0 spiro atoms. The predicted octanol–water partition coefficient (Wildman–Crippen LogP) is -1.54. The molecule has 0 amide bonds. The number of hydrogen-bond donors (Lipinski definition) is 0. The maximum Gasteiger partial charge on any atom is 0.135 e. The first-order valence-corrected chi connectivity index (χ1v) is 4.37. The highest BCUT2D eigenvalue weighted by Crippen LogP contribution is 2.02. The largest absolute Gasteiger partial charge is 1.00 e. The summed E-state index contributed by atoms with van der Waals surface area (Å²) in [4.78, 5) is 10.7. The van der Waals surface area contributed by atoms with Crippen molar-refractivity contribution in [2.24, 2.45) is 0 Å². The van der Waals surface area contributed by atoms with Gasteiger partial charge in [0.1, 0.15) is 5.78 Å². The molecule has 0 rings (SSSR count). The lowest BCUT2D eigenvalue weighted by molar-refractivity contribution is -0.905. The molecule has 2 nitrogen and oxygen atoms in total. The number of hydrogen-bond acceptors (Lipinski definition) is 1. The molecule has 0 aromatic carbocycles. The lowest BCUT2D eigenvalue weighted by Crippen LogP contribution is -3.00. The van der Waals surface area contributed by atoms with Crippen molar-refractivity contribution in [1.82, 2.24) is 0 Å². The Labute approximate surface area is 92.9 Å². The van der Waals surface area contributed by atoms with E-state index in [1.54, 1.807) is 6.92 Å². The molecule has 0 aliphatic rings. The molecular formula is C9H20INO. The Kier molecular flexibility index (Phi) is 8.46. The Bertz CT molecular complexity index is 132. The van der Waals surface area contributed by atoms with Crippen LogP contribution in [0.15, 0.2) is 0 Å². The quantitative estimate of drug-likeness (QED) is 0.442. The Morgan fingerprint density at radius 3 is 1.92 bits per heavy atom. The molecule has 0 aromatic heterocycles. The van der Waals surface area contributed by atoms with Crippen molar-refractivity contribution in [3.05, 3.63) is 0 Å². The number of quaternary nitrogens is 1. The van der Waals surface area contributed by atoms with Gasteiger partial charge in [0.2, 0.25) is 0 Å². The van der Waals surface area contributed by atoms with Crippen molar-refractivity contribution < 1.29 is 33.3 Å². The molecule has 0 radical (unpaired) electrons. The highest BCUT2D eigenvalue weighted by molar-refractivity contribution is 5.75. The summed E-state index contributed by atoms with van der Waals surface area (Å²) < 4.78 is 1.01. The van der Waals surface area contributed by atoms with Crippen molar-refractivity contribution in [1.29, 1.82) is 0 Å². The van der Waals surface area contributed by atoms with E-state index >= 15 is 0 Å². The smallest absolute Gasteiger partial charge is 0.135 e. The van der Waals surface area contributed by atoms with Gasteiger partial charge in [-0.1, -0.05) is 0 Å². The molecule has 74 valence electrons. The Balaban J connectivity index is 0. The maximum atomic E-state index is 10.7. The van der Waals surface area contributed by atoms with Crippen LogP contribution in [0.5, 0.6) is 0 Å². The summed E-state index contributed by atoms with van der Waals surface area (Å²) in [5.74, 6) is 0.302. The molecule has 0 atom stereocenters. The van der Waals surface area contributed by atoms with Crippen molar-refractivity contribution in [2.75, 3.05) is 26.7 Å². The lowest BCUT2D eigenvalue weighted by atomic mass is 10.2. The number of nitrogens with zero attached hydrogens (tertiary/aromatic N) is 1. The van der Waals surface area contributed by atoms with Crippen LogP contribution in [0.4, 0.5) is 0 Å². The Morgan fingerprint density at radius 1 is 1.25 bits per heavy atom. The summed E-state index contributed by atoms with van der Waals surface area (Å²) in [7, 11) is 2.20. The van der Waals surface area contributed by atoms with Crippen molar-refractivity contribution in [2.45, 2.75) is 27.2 Å². The lowest BCUT2D eigenvalue weighted by Gasteiger charge is -2.31. The average molecular weight is 285 g/mol. The summed E-state index contributed by atoms with van der Waals surface area (Å²) in [5, 5.41) is 0. The fourth-order valence-electron chi connectivity index (χ4n) is 0.967. The Hall–Kier alpha value is 0.360. The summed E-state index contributed by atoms with van der Waals surface area (Å²) >= 11 is 0. The third kappa shape index (κ3) is 5.94. The molecule has 3 heteroatoms. The van der Waals surface area contributed by atoms with E-state index in [4.69, 9.17) is 0 Å². The molecule has 0 unspecified atom stereocenters. The second kappa shape index (κ2) is 6.83. The third-order valence-corrected chi connectivity index (χ3v) is 2.53. The highest BCUT2D eigenvalue weighted by atomic mass is 127. The predicted molar refractivity (Wildman–Crippen MR) is 47.4 cm³/mol. The highest BCUT2D eigenvalue weighted by Gasteiger charge is 2.16. The van der Waals surface area contributed by atoms with Crippen LogP contribution < -0.4 is 24.0 Å². The molecule has 0 heterocycles. The normalized spacial score (nSPS) is 10.7. The van der Waals surface area contributed by atoms with Crippen LogP contribution in [0.1, 0.15) is 27.2 Å². The van der Waals surface area contributed by atoms with Gasteiger partial charge < -0.3 is 28.5 Å². The van der Waals surface area contributed by atoms with Crippen molar-refractivity contribution in [3.63, 3.8) is 0 Å². The fourth-order valence-corrected chi connectivity index (χ4v) is 0.967. The minimum Gasteiger partial charge on any atom is -1.00 e. The summed E-state index contributed by atoms with van der Waals surface area (Å²) in [5.41, 5.74) is 0. The third-order valence-electron chi connectivity index (χ3n) is 2.53. The van der Waals surface area contributed by atoms with Crippen LogP contribution in [-0.2, 0) is 4.79 Å². The van der Waals surface area contributed by atoms with E-state index in [1.807, 2.05) is 0 Å². The zero-order valence-electron chi connectivity index (χ0n) is 8.56. The summed E-state index contributed by atoms with van der Waals surface area (Å²) in [6.45, 7) is 9.22. The second-order valence-electron chi connectivity index (χ2n) is 3.43. The van der Waals surface area contributed by atoms with Gasteiger partial charge in [-0.15, -0.1) is 0 Å². The van der Waals surface area contributed by atoms with Crippen LogP contribution in [0.25, 0.3) is 0 Å². The molecule has 0 fully saturated rings. The summed E-state index contributed by atoms with van der Waals surface area (Å²) in [6.07, 6.45) is 0.720. The number of Topliss-reactive ketones (excluding diaryl/α,β-unsaturated/α-hetero) is 1. The second-order valence-corrected chi connectivity index (χ2v) is 3.43. The van der Waals surface area contributed by atoms with Crippen molar-refractivity contribution >= 4 is 5.78 Å². The number of carbonyl (C=O) groups excluding carboxylic acids is 1. The van der Waals surface area contributed by atoms with Gasteiger partial charge in [0.15, 0.2) is 0 Å². The monoisotopic (exact) mass is 285 g/mol. The van der Waals surface area contributed by atoms with Gasteiger partial charge in [-0.2, -0.15) is 0 Å². The SMILES string of the molecule is CC[N+](C)(CC)CCC(C)=O.[I-]. The van der Waals surface area contributed by atoms with Crippen LogP contribution in [0.3, 0.4) is 0 Å². The number of carbonyl (C=O) groups is 1. The number of ketones is 1. The maximum absolute atomic E-state index is 10.7. The van der Waals surface area contributed by atoms with Gasteiger partial charge in [-0.3, -0.25) is 4.79 Å². The van der Waals surface area contributed by atoms with Crippen LogP contribution >= 0.6 is 0 Å². The van der Waals surface area contributed by atoms with Gasteiger partial charge in [-0.05, 0) is 20.8 Å². The van der Waals surface area contributed by atoms with E-state index in [2.05, 4.69) is 20.9 Å². The van der Waals surface area contributed by atoms with Crippen LogP contribution in [0, 0.1) is 0 Å². The van der Waals surface area contributed by atoms with E-state index in [0.717, 1.165) is 30.5 Å². The molecule has 0 saturated heterocycles. The van der Waals surface area contributed by atoms with E-state index in [1.165, 1.54) is 0 Å². The van der Waals surface area contributed by atoms with Gasteiger partial charge in [0, 0.05) is 0 Å². The minimum atomic E-state index is 0. The molecule has 0 N–H and O–H groups in total. The van der Waals surface area contributed by atoms with Crippen LogP contribution in [0.2, 0.25) is 0 Å². The Morgan fingerprint density at radius 2 is 1.67 bits per heavy atom. The average Bonchev–Trinajstić information content (AvgIpc) is 2.00. The van der Waals surface area contributed by atoms with E-state index in [0.29, 0.717) is 5.78 Å². The zero-order chi connectivity index (χ0) is 8.91. The van der Waals surface area contributed by atoms with Crippen molar-refractivity contribution in [3.8, 4) is 0 Å². The first kappa shape index (κ1) is 14.9. The summed E-state index contributed by atoms with van der Waals surface area (Å²) in [6, 6.07) is 0. The van der Waals surface area contributed by atoms with Gasteiger partial charge in [-0.25, -0.2) is 0 Å². The first-order chi connectivity index (χ1) is 5.04. The standard InChI is InChI=1S/C9H20NO.HI/c1-5-10(4,6-2)8-7-9(3)11;/h5-8H2,1-4H3;1H/q+1;/p-1. The van der Waals surface area contributed by atoms with E-state index in [-0.39, 0.29) is 24.0 Å². The fraction of sp³-hybridized carbons (Fsp3) is 0.889. The van der Waals surface area contributed by atoms with E-state index in [9.17, 15) is 4.79 Å². The van der Waals surface area contributed by atoms with Crippen LogP contribution in [-0.4, -0.2) is 36.9 Å². The van der Waals surface area contributed by atoms with E-state index < -0.39 is 0 Å². The molecule has 0 saturated carbocycles. The zero-order valence-corrected chi connectivity index (χ0v) is 10.7. The van der Waals surface area contributed by atoms with Gasteiger partial charge >= 0.3 is 0 Å². The molecular weight excluding hydrogens is 265 g/mol. The molecule has 0 aromatic rings. The molecule has 0 aliphatic carbocycles. The minimum absolute atomic E-state index is 0. The van der Waals surface area contributed by atoms with Gasteiger partial charge in [0.25, 0.3) is 0 Å². The molecule has 0 aliphatic heterocycles. The molecule has 12 heavy (non-hydrogen) atoms. The van der Waals surface area contributed by atoms with Gasteiger partial charge in [0.05, 0.1) is 33.1 Å².